The highest BCUT2D eigenvalue weighted by molar-refractivity contribution is 9.10. The third-order valence-electron chi connectivity index (χ3n) is 3.86. The summed E-state index contributed by atoms with van der Waals surface area (Å²) in [6.45, 7) is 2.44. The molecule has 6 heteroatoms. The SMILES string of the molecule is O=c1oc2cc(Br)ccc2n1CN1CCc2sccc2C1. The van der Waals surface area contributed by atoms with Gasteiger partial charge in [-0.3, -0.25) is 9.47 Å². The fraction of sp³-hybridized carbons (Fsp3) is 0.267. The van der Waals surface area contributed by atoms with Crippen LogP contribution in [0, 0.1) is 0 Å². The molecule has 0 saturated heterocycles. The summed E-state index contributed by atoms with van der Waals surface area (Å²) in [4.78, 5) is 15.8. The molecule has 0 aliphatic carbocycles. The predicted molar refractivity (Wildman–Crippen MR) is 86.6 cm³/mol. The van der Waals surface area contributed by atoms with Crippen LogP contribution in [-0.4, -0.2) is 16.0 Å². The van der Waals surface area contributed by atoms with Crippen molar-refractivity contribution >= 4 is 38.4 Å². The van der Waals surface area contributed by atoms with Gasteiger partial charge in [0.25, 0.3) is 0 Å². The average molecular weight is 365 g/mol. The van der Waals surface area contributed by atoms with E-state index in [9.17, 15) is 4.79 Å². The van der Waals surface area contributed by atoms with Crippen LogP contribution in [0.5, 0.6) is 0 Å². The number of oxazole rings is 1. The van der Waals surface area contributed by atoms with E-state index in [1.807, 2.05) is 29.5 Å². The quantitative estimate of drug-likeness (QED) is 0.699. The lowest BCUT2D eigenvalue weighted by molar-refractivity contribution is 0.197. The molecule has 0 fully saturated rings. The van der Waals surface area contributed by atoms with Crippen molar-refractivity contribution in [1.29, 1.82) is 0 Å². The average Bonchev–Trinajstić information content (AvgIpc) is 3.03. The minimum atomic E-state index is -0.292. The normalized spacial score (nSPS) is 15.5. The summed E-state index contributed by atoms with van der Waals surface area (Å²) in [5.74, 6) is -0.292. The molecule has 0 N–H and O–H groups in total. The van der Waals surface area contributed by atoms with Gasteiger partial charge in [-0.05, 0) is 41.6 Å². The molecular weight excluding hydrogens is 352 g/mol. The molecule has 4 rings (SSSR count). The van der Waals surface area contributed by atoms with Crippen LogP contribution in [0.1, 0.15) is 10.4 Å². The Morgan fingerprint density at radius 3 is 3.14 bits per heavy atom. The van der Waals surface area contributed by atoms with Crippen LogP contribution >= 0.6 is 27.3 Å². The molecule has 0 amide bonds. The Hall–Kier alpha value is -1.37. The van der Waals surface area contributed by atoms with E-state index < -0.39 is 0 Å². The first-order chi connectivity index (χ1) is 10.2. The van der Waals surface area contributed by atoms with Crippen molar-refractivity contribution in [3.05, 3.63) is 55.1 Å². The molecular formula is C15H13BrN2O2S. The Bertz CT molecular complexity index is 864. The van der Waals surface area contributed by atoms with Gasteiger partial charge in [0, 0.05) is 22.4 Å². The third-order valence-corrected chi connectivity index (χ3v) is 5.37. The number of hydrogen-bond acceptors (Lipinski definition) is 4. The lowest BCUT2D eigenvalue weighted by atomic mass is 10.1. The summed E-state index contributed by atoms with van der Waals surface area (Å²) < 4.78 is 7.95. The molecule has 4 nitrogen and oxygen atoms in total. The smallest absolute Gasteiger partial charge is 0.408 e. The van der Waals surface area contributed by atoms with Crippen LogP contribution in [0.25, 0.3) is 11.1 Å². The summed E-state index contributed by atoms with van der Waals surface area (Å²) in [5, 5.41) is 2.14. The summed E-state index contributed by atoms with van der Waals surface area (Å²) in [5.41, 5.74) is 2.86. The Morgan fingerprint density at radius 2 is 2.24 bits per heavy atom. The van der Waals surface area contributed by atoms with Crippen molar-refractivity contribution in [2.45, 2.75) is 19.6 Å². The second-order valence-corrected chi connectivity index (χ2v) is 7.14. The first-order valence-corrected chi connectivity index (χ1v) is 8.44. The number of benzene rings is 1. The largest absolute Gasteiger partial charge is 0.421 e. The van der Waals surface area contributed by atoms with Crippen molar-refractivity contribution < 1.29 is 4.42 Å². The molecule has 21 heavy (non-hydrogen) atoms. The molecule has 0 spiro atoms. The monoisotopic (exact) mass is 364 g/mol. The fourth-order valence-corrected chi connectivity index (χ4v) is 4.03. The minimum absolute atomic E-state index is 0.292. The lowest BCUT2D eigenvalue weighted by Crippen LogP contribution is -2.34. The lowest BCUT2D eigenvalue weighted by Gasteiger charge is -2.26. The maximum atomic E-state index is 12.1. The minimum Gasteiger partial charge on any atom is -0.408 e. The number of rotatable bonds is 2. The molecule has 0 saturated carbocycles. The van der Waals surface area contributed by atoms with Crippen LogP contribution in [0.15, 0.2) is 43.3 Å². The first-order valence-electron chi connectivity index (χ1n) is 6.77. The van der Waals surface area contributed by atoms with Crippen molar-refractivity contribution in [2.24, 2.45) is 0 Å². The molecule has 0 atom stereocenters. The molecule has 3 heterocycles. The third kappa shape index (κ3) is 2.37. The molecule has 1 aromatic carbocycles. The Balaban J connectivity index is 1.66. The number of hydrogen-bond donors (Lipinski definition) is 0. The van der Waals surface area contributed by atoms with Gasteiger partial charge in [0.15, 0.2) is 5.58 Å². The number of halogens is 1. The van der Waals surface area contributed by atoms with Gasteiger partial charge in [-0.15, -0.1) is 11.3 Å². The van der Waals surface area contributed by atoms with Crippen LogP contribution in [0.3, 0.4) is 0 Å². The fourth-order valence-electron chi connectivity index (χ4n) is 2.80. The molecule has 108 valence electrons. The van der Waals surface area contributed by atoms with Gasteiger partial charge in [-0.1, -0.05) is 15.9 Å². The number of aromatic nitrogens is 1. The van der Waals surface area contributed by atoms with E-state index in [1.165, 1.54) is 10.4 Å². The van der Waals surface area contributed by atoms with Gasteiger partial charge < -0.3 is 4.42 Å². The van der Waals surface area contributed by atoms with Gasteiger partial charge in [-0.25, -0.2) is 4.79 Å². The van der Waals surface area contributed by atoms with E-state index in [-0.39, 0.29) is 5.76 Å². The molecule has 1 aliphatic heterocycles. The van der Waals surface area contributed by atoms with E-state index in [4.69, 9.17) is 4.42 Å². The van der Waals surface area contributed by atoms with Gasteiger partial charge in [0.05, 0.1) is 12.2 Å². The molecule has 0 bridgehead atoms. The molecule has 1 aliphatic rings. The molecule has 0 radical (unpaired) electrons. The second-order valence-electron chi connectivity index (χ2n) is 5.22. The zero-order chi connectivity index (χ0) is 14.4. The Labute approximate surface area is 133 Å². The van der Waals surface area contributed by atoms with Crippen LogP contribution in [0.2, 0.25) is 0 Å². The highest BCUT2D eigenvalue weighted by atomic mass is 79.9. The van der Waals surface area contributed by atoms with Crippen molar-refractivity contribution in [3.8, 4) is 0 Å². The summed E-state index contributed by atoms with van der Waals surface area (Å²) >= 11 is 5.22. The topological polar surface area (TPSA) is 38.4 Å². The van der Waals surface area contributed by atoms with E-state index in [2.05, 4.69) is 32.3 Å². The van der Waals surface area contributed by atoms with E-state index in [0.29, 0.717) is 12.3 Å². The Morgan fingerprint density at radius 1 is 1.33 bits per heavy atom. The van der Waals surface area contributed by atoms with Gasteiger partial charge in [0.2, 0.25) is 0 Å². The van der Waals surface area contributed by atoms with E-state index in [1.54, 1.807) is 4.57 Å². The predicted octanol–water partition coefficient (Wildman–Crippen LogP) is 3.43. The van der Waals surface area contributed by atoms with Crippen LogP contribution in [0.4, 0.5) is 0 Å². The van der Waals surface area contributed by atoms with Gasteiger partial charge in [0.1, 0.15) is 0 Å². The standard InChI is InChI=1S/C15H13BrN2O2S/c16-11-1-2-12-13(7-11)20-15(19)18(12)9-17-5-3-14-10(8-17)4-6-21-14/h1-2,4,6-7H,3,5,8-9H2. The highest BCUT2D eigenvalue weighted by Gasteiger charge is 2.19. The maximum absolute atomic E-state index is 12.1. The van der Waals surface area contributed by atoms with Crippen LogP contribution < -0.4 is 5.76 Å². The zero-order valence-electron chi connectivity index (χ0n) is 11.2. The first kappa shape index (κ1) is 13.3. The van der Waals surface area contributed by atoms with E-state index in [0.717, 1.165) is 29.5 Å². The van der Waals surface area contributed by atoms with Crippen molar-refractivity contribution in [3.63, 3.8) is 0 Å². The highest BCUT2D eigenvalue weighted by Crippen LogP contribution is 2.25. The summed E-state index contributed by atoms with van der Waals surface area (Å²) in [7, 11) is 0. The Kier molecular flexibility index (Phi) is 3.24. The van der Waals surface area contributed by atoms with Crippen molar-refractivity contribution in [1.82, 2.24) is 9.47 Å². The molecule has 3 aromatic rings. The zero-order valence-corrected chi connectivity index (χ0v) is 13.6. The number of fused-ring (bicyclic) bond motifs is 2. The maximum Gasteiger partial charge on any atom is 0.421 e. The van der Waals surface area contributed by atoms with E-state index >= 15 is 0 Å². The van der Waals surface area contributed by atoms with Gasteiger partial charge >= 0.3 is 5.76 Å². The summed E-state index contributed by atoms with van der Waals surface area (Å²) in [6.07, 6.45) is 1.06. The molecule has 2 aromatic heterocycles. The summed E-state index contributed by atoms with van der Waals surface area (Å²) in [6, 6.07) is 7.87. The van der Waals surface area contributed by atoms with Crippen molar-refractivity contribution in [2.75, 3.05) is 6.54 Å². The second kappa shape index (κ2) is 5.12. The van der Waals surface area contributed by atoms with Crippen LogP contribution in [-0.2, 0) is 19.6 Å². The van der Waals surface area contributed by atoms with Gasteiger partial charge in [-0.2, -0.15) is 0 Å². The molecule has 0 unspecified atom stereocenters. The number of thiophene rings is 1. The number of nitrogens with zero attached hydrogens (tertiary/aromatic N) is 2.